The minimum atomic E-state index is -4.38. The maximum atomic E-state index is 14.4. The average molecular weight is 721 g/mol. The highest BCUT2D eigenvalue weighted by Crippen LogP contribution is 2.24. The molecule has 0 unspecified atom stereocenters. The maximum absolute atomic E-state index is 14.4. The number of nitrogens with one attached hydrogen (secondary N) is 3. The SMILES string of the molecule is CC(=O)Nc1cc(S(=O)(=O)N(CC(C)C)C[C@@H](O)[C@H](Cc2ccccc2)NC(=O)[C@H](CC(N)=O)NC(=O)c2ccc3ccccc3n2)ccc1F. The summed E-state index contributed by atoms with van der Waals surface area (Å²) in [7, 11) is -4.38. The van der Waals surface area contributed by atoms with Gasteiger partial charge in [-0.2, -0.15) is 4.31 Å². The number of anilines is 1. The van der Waals surface area contributed by atoms with Crippen LogP contribution in [-0.4, -0.2) is 77.7 Å². The highest BCUT2D eigenvalue weighted by atomic mass is 32.2. The molecule has 0 saturated carbocycles. The number of carbonyl (C=O) groups excluding carboxylic acids is 4. The molecule has 0 bridgehead atoms. The summed E-state index contributed by atoms with van der Waals surface area (Å²) in [5, 5.41) is 19.9. The Bertz CT molecular complexity index is 1990. The maximum Gasteiger partial charge on any atom is 0.270 e. The lowest BCUT2D eigenvalue weighted by atomic mass is 10.00. The van der Waals surface area contributed by atoms with Gasteiger partial charge in [0, 0.05) is 25.4 Å². The number of aliphatic hydroxyl groups is 1. The first-order valence-corrected chi connectivity index (χ1v) is 17.6. The Morgan fingerprint density at radius 1 is 0.922 bits per heavy atom. The van der Waals surface area contributed by atoms with E-state index in [1.54, 1.807) is 62.4 Å². The molecule has 4 aromatic rings. The van der Waals surface area contributed by atoms with Crippen LogP contribution in [0.15, 0.2) is 89.8 Å². The van der Waals surface area contributed by atoms with Crippen LogP contribution in [0.2, 0.25) is 0 Å². The van der Waals surface area contributed by atoms with Gasteiger partial charge >= 0.3 is 0 Å². The van der Waals surface area contributed by atoms with Gasteiger partial charge in [0.25, 0.3) is 5.91 Å². The van der Waals surface area contributed by atoms with Gasteiger partial charge in [0.1, 0.15) is 17.6 Å². The van der Waals surface area contributed by atoms with Crippen LogP contribution in [0, 0.1) is 11.7 Å². The number of hydrogen-bond acceptors (Lipinski definition) is 8. The van der Waals surface area contributed by atoms with E-state index in [1.807, 2.05) is 12.1 Å². The smallest absolute Gasteiger partial charge is 0.270 e. The molecule has 0 radical (unpaired) electrons. The van der Waals surface area contributed by atoms with Gasteiger partial charge in [-0.25, -0.2) is 17.8 Å². The van der Waals surface area contributed by atoms with Crippen molar-refractivity contribution in [1.82, 2.24) is 19.9 Å². The minimum absolute atomic E-state index is 0.00571. The van der Waals surface area contributed by atoms with Crippen LogP contribution < -0.4 is 21.7 Å². The van der Waals surface area contributed by atoms with Crippen LogP contribution >= 0.6 is 0 Å². The molecule has 15 heteroatoms. The Balaban J connectivity index is 1.62. The summed E-state index contributed by atoms with van der Waals surface area (Å²) >= 11 is 0. The summed E-state index contributed by atoms with van der Waals surface area (Å²) in [6.45, 7) is 4.14. The average Bonchev–Trinajstić information content (AvgIpc) is 3.07. The van der Waals surface area contributed by atoms with E-state index in [2.05, 4.69) is 20.9 Å². The normalized spacial score (nSPS) is 13.4. The first-order valence-electron chi connectivity index (χ1n) is 16.2. The van der Waals surface area contributed by atoms with Gasteiger partial charge in [0.05, 0.1) is 34.7 Å². The first kappa shape index (κ1) is 38.6. The van der Waals surface area contributed by atoms with Crippen molar-refractivity contribution < 1.29 is 37.1 Å². The third-order valence-electron chi connectivity index (χ3n) is 7.79. The van der Waals surface area contributed by atoms with Gasteiger partial charge in [0.2, 0.25) is 27.7 Å². The highest BCUT2D eigenvalue weighted by Gasteiger charge is 2.34. The van der Waals surface area contributed by atoms with E-state index in [9.17, 15) is 37.1 Å². The monoisotopic (exact) mass is 720 g/mol. The molecular weight excluding hydrogens is 679 g/mol. The van der Waals surface area contributed by atoms with Crippen molar-refractivity contribution in [1.29, 1.82) is 0 Å². The van der Waals surface area contributed by atoms with E-state index in [4.69, 9.17) is 5.73 Å². The summed E-state index contributed by atoms with van der Waals surface area (Å²) in [5.41, 5.74) is 6.34. The quantitative estimate of drug-likeness (QED) is 0.116. The molecule has 3 atom stereocenters. The molecule has 0 aliphatic heterocycles. The van der Waals surface area contributed by atoms with Gasteiger partial charge in [-0.15, -0.1) is 0 Å². The number of amides is 4. The highest BCUT2D eigenvalue weighted by molar-refractivity contribution is 7.89. The number of primary amides is 1. The Morgan fingerprint density at radius 3 is 2.27 bits per heavy atom. The van der Waals surface area contributed by atoms with Crippen LogP contribution in [0.5, 0.6) is 0 Å². The molecule has 0 spiro atoms. The molecule has 13 nitrogen and oxygen atoms in total. The number of halogens is 1. The second-order valence-electron chi connectivity index (χ2n) is 12.5. The van der Waals surface area contributed by atoms with E-state index < -0.39 is 70.6 Å². The zero-order chi connectivity index (χ0) is 37.3. The fourth-order valence-corrected chi connectivity index (χ4v) is 7.03. The van der Waals surface area contributed by atoms with Crippen molar-refractivity contribution in [2.75, 3.05) is 18.4 Å². The van der Waals surface area contributed by atoms with E-state index >= 15 is 0 Å². The molecule has 0 aliphatic rings. The number of pyridine rings is 1. The molecule has 1 aromatic heterocycles. The van der Waals surface area contributed by atoms with Gasteiger partial charge in [0.15, 0.2) is 0 Å². The predicted molar refractivity (Wildman–Crippen MR) is 189 cm³/mol. The van der Waals surface area contributed by atoms with Crippen LogP contribution in [-0.2, 0) is 30.8 Å². The second kappa shape index (κ2) is 17.1. The van der Waals surface area contributed by atoms with Gasteiger partial charge in [-0.3, -0.25) is 19.2 Å². The van der Waals surface area contributed by atoms with Gasteiger partial charge < -0.3 is 26.8 Å². The number of nitrogens with two attached hydrogens (primary N) is 1. The molecule has 4 rings (SSSR count). The fraction of sp³-hybridized carbons (Fsp3) is 0.306. The summed E-state index contributed by atoms with van der Waals surface area (Å²) in [5.74, 6) is -4.12. The van der Waals surface area contributed by atoms with Crippen LogP contribution in [0.25, 0.3) is 10.9 Å². The topological polar surface area (TPSA) is 201 Å². The van der Waals surface area contributed by atoms with Crippen molar-refractivity contribution >= 4 is 50.2 Å². The molecule has 0 saturated heterocycles. The number of hydrogen-bond donors (Lipinski definition) is 5. The number of rotatable bonds is 16. The number of aromatic nitrogens is 1. The lowest BCUT2D eigenvalue weighted by Gasteiger charge is -2.31. The molecule has 270 valence electrons. The second-order valence-corrected chi connectivity index (χ2v) is 14.4. The number of carbonyl (C=O) groups is 4. The van der Waals surface area contributed by atoms with E-state index in [0.29, 0.717) is 11.1 Å². The Kier molecular flexibility index (Phi) is 12.9. The first-order chi connectivity index (χ1) is 24.1. The lowest BCUT2D eigenvalue weighted by molar-refractivity contribution is -0.128. The van der Waals surface area contributed by atoms with Crippen molar-refractivity contribution in [3.05, 3.63) is 102 Å². The number of nitrogens with zero attached hydrogens (tertiary/aromatic N) is 2. The van der Waals surface area contributed by atoms with Crippen LogP contribution in [0.1, 0.15) is 43.2 Å². The molecule has 51 heavy (non-hydrogen) atoms. The molecule has 4 amide bonds. The van der Waals surface area contributed by atoms with Crippen LogP contribution in [0.3, 0.4) is 0 Å². The molecule has 6 N–H and O–H groups in total. The number of fused-ring (bicyclic) bond motifs is 1. The van der Waals surface area contributed by atoms with Crippen molar-refractivity contribution in [3.8, 4) is 0 Å². The standard InChI is InChI=1S/C36H41FN6O7S/c1-22(2)20-43(51(49,50)26-14-15-27(37)30(18-26)39-23(3)44)21-33(45)31(17-24-9-5-4-6-10-24)41-36(48)32(19-34(38)46)42-35(47)29-16-13-25-11-7-8-12-28(25)40-29/h4-16,18,22,31-33,45H,17,19-21H2,1-3H3,(H2,38,46)(H,39,44)(H,41,48)(H,42,47)/t31-,32-,33+/m0/s1. The number of sulfonamides is 1. The molecule has 3 aromatic carbocycles. The van der Waals surface area contributed by atoms with E-state index in [0.717, 1.165) is 34.8 Å². The number of benzene rings is 3. The summed E-state index contributed by atoms with van der Waals surface area (Å²) in [6, 6.07) is 19.5. The zero-order valence-corrected chi connectivity index (χ0v) is 29.2. The van der Waals surface area contributed by atoms with Gasteiger partial charge in [-0.05, 0) is 48.2 Å². The molecule has 1 heterocycles. The Morgan fingerprint density at radius 2 is 1.61 bits per heavy atom. The molecule has 0 fully saturated rings. The van der Waals surface area contributed by atoms with Crippen molar-refractivity contribution in [3.63, 3.8) is 0 Å². The zero-order valence-electron chi connectivity index (χ0n) is 28.4. The molecular formula is C36H41FN6O7S. The largest absolute Gasteiger partial charge is 0.390 e. The van der Waals surface area contributed by atoms with Crippen LogP contribution in [0.4, 0.5) is 10.1 Å². The number of para-hydroxylation sites is 1. The third kappa shape index (κ3) is 10.6. The fourth-order valence-electron chi connectivity index (χ4n) is 5.38. The minimum Gasteiger partial charge on any atom is -0.390 e. The van der Waals surface area contributed by atoms with E-state index in [-0.39, 0.29) is 35.2 Å². The van der Waals surface area contributed by atoms with E-state index in [1.165, 1.54) is 6.07 Å². The van der Waals surface area contributed by atoms with Crippen molar-refractivity contribution in [2.45, 2.75) is 56.7 Å². The lowest BCUT2D eigenvalue weighted by Crippen LogP contribution is -2.56. The number of aliphatic hydroxyl groups excluding tert-OH is 1. The van der Waals surface area contributed by atoms with Crippen molar-refractivity contribution in [2.24, 2.45) is 11.7 Å². The predicted octanol–water partition coefficient (Wildman–Crippen LogP) is 2.74. The summed E-state index contributed by atoms with van der Waals surface area (Å²) < 4.78 is 43.2. The molecule has 0 aliphatic carbocycles. The Hall–Kier alpha value is -5.25. The Labute approximate surface area is 295 Å². The third-order valence-corrected chi connectivity index (χ3v) is 9.62. The summed E-state index contributed by atoms with van der Waals surface area (Å²) in [6.07, 6.45) is -2.06. The summed E-state index contributed by atoms with van der Waals surface area (Å²) in [4.78, 5) is 54.6. The van der Waals surface area contributed by atoms with Gasteiger partial charge in [-0.1, -0.05) is 68.4 Å².